The van der Waals surface area contributed by atoms with Crippen molar-refractivity contribution in [3.8, 4) is 16.9 Å². The van der Waals surface area contributed by atoms with Crippen molar-refractivity contribution in [3.05, 3.63) is 72.3 Å². The highest BCUT2D eigenvalue weighted by Gasteiger charge is 2.19. The van der Waals surface area contributed by atoms with Gasteiger partial charge in [0, 0.05) is 23.4 Å². The van der Waals surface area contributed by atoms with Crippen molar-refractivity contribution in [2.75, 3.05) is 18.5 Å². The molecule has 3 aromatic rings. The van der Waals surface area contributed by atoms with Crippen LogP contribution in [0.2, 0.25) is 0 Å². The maximum atomic E-state index is 12.0. The van der Waals surface area contributed by atoms with E-state index in [1.807, 2.05) is 24.3 Å². The van der Waals surface area contributed by atoms with E-state index in [4.69, 9.17) is 10.5 Å². The molecule has 0 aliphatic heterocycles. The number of fused-ring (bicyclic) bond motifs is 1. The quantitative estimate of drug-likeness (QED) is 0.328. The van der Waals surface area contributed by atoms with Gasteiger partial charge in [0.05, 0.1) is 5.56 Å². The molecular weight excluding hydrogens is 396 g/mol. The summed E-state index contributed by atoms with van der Waals surface area (Å²) in [5, 5.41) is 25.0. The number of aromatic hydroxyl groups is 1. The molecule has 5 N–H and O–H groups in total. The first-order valence-electron chi connectivity index (χ1n) is 9.67. The first-order chi connectivity index (χ1) is 14.8. The minimum atomic E-state index is -0.889. The van der Waals surface area contributed by atoms with Crippen LogP contribution in [0.15, 0.2) is 66.7 Å². The van der Waals surface area contributed by atoms with Crippen molar-refractivity contribution >= 4 is 28.3 Å². The molecule has 0 fully saturated rings. The summed E-state index contributed by atoms with van der Waals surface area (Å²) in [6, 6.07) is 16.1. The lowest BCUT2D eigenvalue weighted by Crippen LogP contribution is -2.26. The molecule has 31 heavy (non-hydrogen) atoms. The fourth-order valence-electron chi connectivity index (χ4n) is 3.23. The summed E-state index contributed by atoms with van der Waals surface area (Å²) in [5.74, 6) is -1.43. The fourth-order valence-corrected chi connectivity index (χ4v) is 3.23. The molecular formula is C24H24N2O5. The number of primary amides is 1. The molecule has 1 amide bonds. The van der Waals surface area contributed by atoms with Gasteiger partial charge in [0.2, 0.25) is 0 Å². The maximum absolute atomic E-state index is 12.0. The van der Waals surface area contributed by atoms with Gasteiger partial charge in [0.25, 0.3) is 5.91 Å². The number of aliphatic hydroxyl groups is 1. The van der Waals surface area contributed by atoms with Gasteiger partial charge in [-0.15, -0.1) is 0 Å². The van der Waals surface area contributed by atoms with Crippen molar-refractivity contribution in [2.45, 2.75) is 13.0 Å². The van der Waals surface area contributed by atoms with Gasteiger partial charge in [-0.3, -0.25) is 4.79 Å². The first kappa shape index (κ1) is 21.9. The number of phenols is 1. The summed E-state index contributed by atoms with van der Waals surface area (Å²) >= 11 is 0. The number of anilines is 1. The predicted molar refractivity (Wildman–Crippen MR) is 120 cm³/mol. The van der Waals surface area contributed by atoms with E-state index in [-0.39, 0.29) is 30.0 Å². The third kappa shape index (κ3) is 5.02. The van der Waals surface area contributed by atoms with Crippen LogP contribution in [-0.4, -0.2) is 41.3 Å². The summed E-state index contributed by atoms with van der Waals surface area (Å²) in [6.45, 7) is 5.05. The van der Waals surface area contributed by atoms with Crippen molar-refractivity contribution in [1.82, 2.24) is 0 Å². The summed E-state index contributed by atoms with van der Waals surface area (Å²) in [6.07, 6.45) is -0.889. The molecule has 3 rings (SSSR count). The SMILES string of the molecule is C=C(C)C(=O)OCC(O)CNc1ccc(-c2c(C(N)=O)c(O)cc3ccccc23)cc1. The molecule has 7 heteroatoms. The molecule has 0 saturated carbocycles. The fraction of sp³-hybridized carbons (Fsp3) is 0.167. The highest BCUT2D eigenvalue weighted by Crippen LogP contribution is 2.37. The van der Waals surface area contributed by atoms with Crippen molar-refractivity contribution in [3.63, 3.8) is 0 Å². The molecule has 0 spiro atoms. The maximum Gasteiger partial charge on any atom is 0.333 e. The monoisotopic (exact) mass is 420 g/mol. The number of rotatable bonds is 8. The molecule has 0 saturated heterocycles. The molecule has 1 unspecified atom stereocenters. The van der Waals surface area contributed by atoms with Crippen LogP contribution in [0.4, 0.5) is 5.69 Å². The average Bonchev–Trinajstić information content (AvgIpc) is 2.75. The van der Waals surface area contributed by atoms with Crippen LogP contribution in [0.1, 0.15) is 17.3 Å². The molecule has 0 aromatic heterocycles. The second kappa shape index (κ2) is 9.32. The Balaban J connectivity index is 1.80. The van der Waals surface area contributed by atoms with Crippen LogP contribution < -0.4 is 11.1 Å². The van der Waals surface area contributed by atoms with Gasteiger partial charge in [-0.25, -0.2) is 4.79 Å². The lowest BCUT2D eigenvalue weighted by Gasteiger charge is -2.15. The zero-order valence-corrected chi connectivity index (χ0v) is 17.1. The third-order valence-electron chi connectivity index (χ3n) is 4.75. The standard InChI is InChI=1S/C24H24N2O5/c1-14(2)24(30)31-13-18(27)12-26-17-9-7-15(8-10-17)21-19-6-4-3-5-16(19)11-20(28)22(21)23(25)29/h3-11,18,26-28H,1,12-13H2,2H3,(H2,25,29). The highest BCUT2D eigenvalue weighted by molar-refractivity contribution is 6.11. The largest absolute Gasteiger partial charge is 0.507 e. The van der Waals surface area contributed by atoms with E-state index in [0.29, 0.717) is 11.1 Å². The molecule has 0 aliphatic rings. The molecule has 7 nitrogen and oxygen atoms in total. The van der Waals surface area contributed by atoms with Gasteiger partial charge >= 0.3 is 5.97 Å². The summed E-state index contributed by atoms with van der Waals surface area (Å²) in [4.78, 5) is 23.4. The number of ether oxygens (including phenoxy) is 1. The average molecular weight is 420 g/mol. The Bertz CT molecular complexity index is 1140. The Morgan fingerprint density at radius 1 is 1.16 bits per heavy atom. The number of carbonyl (C=O) groups is 2. The van der Waals surface area contributed by atoms with E-state index in [0.717, 1.165) is 16.5 Å². The first-order valence-corrected chi connectivity index (χ1v) is 9.67. The van der Waals surface area contributed by atoms with E-state index in [2.05, 4.69) is 11.9 Å². The highest BCUT2D eigenvalue weighted by atomic mass is 16.5. The van der Waals surface area contributed by atoms with Crippen molar-refractivity contribution < 1.29 is 24.5 Å². The van der Waals surface area contributed by atoms with Gasteiger partial charge < -0.3 is 26.0 Å². The van der Waals surface area contributed by atoms with Crippen LogP contribution in [-0.2, 0) is 9.53 Å². The van der Waals surface area contributed by atoms with Crippen molar-refractivity contribution in [2.24, 2.45) is 5.73 Å². The number of hydrogen-bond donors (Lipinski definition) is 4. The molecule has 3 aromatic carbocycles. The summed E-state index contributed by atoms with van der Waals surface area (Å²) in [7, 11) is 0. The minimum Gasteiger partial charge on any atom is -0.507 e. The van der Waals surface area contributed by atoms with Crippen LogP contribution >= 0.6 is 0 Å². The lowest BCUT2D eigenvalue weighted by molar-refractivity contribution is -0.141. The van der Waals surface area contributed by atoms with E-state index in [9.17, 15) is 19.8 Å². The van der Waals surface area contributed by atoms with Crippen LogP contribution in [0.3, 0.4) is 0 Å². The van der Waals surface area contributed by atoms with E-state index in [1.54, 1.807) is 24.3 Å². The number of carbonyl (C=O) groups excluding carboxylic acids is 2. The second-order valence-electron chi connectivity index (χ2n) is 7.22. The number of nitrogens with two attached hydrogens (primary N) is 1. The molecule has 0 radical (unpaired) electrons. The number of amides is 1. The van der Waals surface area contributed by atoms with E-state index in [1.165, 1.54) is 13.0 Å². The predicted octanol–water partition coefficient (Wildman–Crippen LogP) is 3.20. The summed E-state index contributed by atoms with van der Waals surface area (Å²) < 4.78 is 4.92. The molecule has 0 bridgehead atoms. The molecule has 1 atom stereocenters. The Morgan fingerprint density at radius 3 is 2.48 bits per heavy atom. The lowest BCUT2D eigenvalue weighted by atomic mass is 9.92. The molecule has 160 valence electrons. The third-order valence-corrected chi connectivity index (χ3v) is 4.75. The number of nitrogens with one attached hydrogen (secondary N) is 1. The number of aliphatic hydroxyl groups excluding tert-OH is 1. The minimum absolute atomic E-state index is 0.0640. The zero-order chi connectivity index (χ0) is 22.5. The number of benzene rings is 3. The van der Waals surface area contributed by atoms with Crippen LogP contribution in [0, 0.1) is 0 Å². The Hall–Kier alpha value is -3.84. The Kier molecular flexibility index (Phi) is 6.57. The topological polar surface area (TPSA) is 122 Å². The van der Waals surface area contributed by atoms with Gasteiger partial charge in [0.1, 0.15) is 18.5 Å². The second-order valence-corrected chi connectivity index (χ2v) is 7.22. The van der Waals surface area contributed by atoms with E-state index < -0.39 is 18.0 Å². The Labute approximate surface area is 179 Å². The normalized spacial score (nSPS) is 11.7. The van der Waals surface area contributed by atoms with Crippen LogP contribution in [0.5, 0.6) is 5.75 Å². The van der Waals surface area contributed by atoms with Gasteiger partial charge in [-0.05, 0) is 41.5 Å². The molecule has 0 heterocycles. The van der Waals surface area contributed by atoms with Gasteiger partial charge in [0.15, 0.2) is 0 Å². The smallest absolute Gasteiger partial charge is 0.333 e. The van der Waals surface area contributed by atoms with Gasteiger partial charge in [-0.1, -0.05) is 43.0 Å². The number of hydrogen-bond acceptors (Lipinski definition) is 6. The van der Waals surface area contributed by atoms with Crippen LogP contribution in [0.25, 0.3) is 21.9 Å². The zero-order valence-electron chi connectivity index (χ0n) is 17.1. The van der Waals surface area contributed by atoms with E-state index >= 15 is 0 Å². The van der Waals surface area contributed by atoms with Crippen molar-refractivity contribution in [1.29, 1.82) is 0 Å². The molecule has 0 aliphatic carbocycles. The Morgan fingerprint density at radius 2 is 1.84 bits per heavy atom. The number of esters is 1. The summed E-state index contributed by atoms with van der Waals surface area (Å²) in [5.41, 5.74) is 7.86. The van der Waals surface area contributed by atoms with Gasteiger partial charge in [-0.2, -0.15) is 0 Å².